The minimum Gasteiger partial charge on any atom is -0.458 e. The molecular formula is C15H18O4. The van der Waals surface area contributed by atoms with Gasteiger partial charge in [-0.3, -0.25) is 4.79 Å². The highest BCUT2D eigenvalue weighted by Crippen LogP contribution is 2.55. The van der Waals surface area contributed by atoms with Crippen LogP contribution in [0.5, 0.6) is 0 Å². The summed E-state index contributed by atoms with van der Waals surface area (Å²) in [5.41, 5.74) is 0.498. The van der Waals surface area contributed by atoms with Crippen LogP contribution in [0.2, 0.25) is 0 Å². The van der Waals surface area contributed by atoms with Gasteiger partial charge in [-0.05, 0) is 38.0 Å². The topological polar surface area (TPSA) is 60.4 Å². The summed E-state index contributed by atoms with van der Waals surface area (Å²) in [6, 6.07) is 0. The predicted octanol–water partition coefficient (Wildman–Crippen LogP) is 1.53. The molecular weight excluding hydrogens is 244 g/mol. The van der Waals surface area contributed by atoms with Gasteiger partial charge in [0.2, 0.25) is 0 Å². The Labute approximate surface area is 112 Å². The van der Waals surface area contributed by atoms with Crippen LogP contribution in [0, 0.1) is 29.6 Å². The van der Waals surface area contributed by atoms with Gasteiger partial charge in [0.05, 0.1) is 0 Å². The zero-order valence-electron chi connectivity index (χ0n) is 11.0. The molecule has 1 heterocycles. The van der Waals surface area contributed by atoms with Crippen molar-refractivity contribution in [1.82, 2.24) is 0 Å². The number of hydrogen-bond acceptors (Lipinski definition) is 4. The van der Waals surface area contributed by atoms with E-state index in [1.165, 1.54) is 0 Å². The summed E-state index contributed by atoms with van der Waals surface area (Å²) in [6.07, 6.45) is 3.02. The lowest BCUT2D eigenvalue weighted by Crippen LogP contribution is -2.43. The minimum absolute atomic E-state index is 0.0495. The Morgan fingerprint density at radius 3 is 2.79 bits per heavy atom. The van der Waals surface area contributed by atoms with E-state index in [1.54, 1.807) is 6.92 Å². The van der Waals surface area contributed by atoms with E-state index in [0.29, 0.717) is 12.0 Å². The van der Waals surface area contributed by atoms with Crippen LogP contribution < -0.4 is 0 Å². The lowest BCUT2D eigenvalue weighted by atomic mass is 9.63. The molecule has 4 heteroatoms. The standard InChI is InChI=1S/C15H18O4/c1-7-13-12(19-15(7)18)5-9(6-16)11-4-3-10(8(2)17)14(11)13/h6,9-14H,1,3-5H2,2H3/t9-,10+,11-,12-,13-,14+/m1/s1. The molecule has 2 saturated carbocycles. The van der Waals surface area contributed by atoms with E-state index in [0.717, 1.165) is 19.1 Å². The van der Waals surface area contributed by atoms with Crippen LogP contribution >= 0.6 is 0 Å². The fraction of sp³-hybridized carbons (Fsp3) is 0.667. The number of carbonyl (C=O) groups excluding carboxylic acids is 3. The molecule has 0 N–H and O–H groups in total. The second-order valence-corrected chi connectivity index (χ2v) is 6.07. The third kappa shape index (κ3) is 1.69. The van der Waals surface area contributed by atoms with Crippen molar-refractivity contribution in [1.29, 1.82) is 0 Å². The number of ketones is 1. The van der Waals surface area contributed by atoms with Crippen molar-refractivity contribution in [3.8, 4) is 0 Å². The summed E-state index contributed by atoms with van der Waals surface area (Å²) in [5, 5.41) is 0. The van der Waals surface area contributed by atoms with Crippen LogP contribution in [0.1, 0.15) is 26.2 Å². The van der Waals surface area contributed by atoms with Crippen LogP contribution in [-0.4, -0.2) is 24.1 Å². The predicted molar refractivity (Wildman–Crippen MR) is 67.1 cm³/mol. The molecule has 0 aromatic rings. The molecule has 0 radical (unpaired) electrons. The number of carbonyl (C=O) groups is 3. The molecule has 4 nitrogen and oxygen atoms in total. The number of ether oxygens (including phenoxy) is 1. The third-order valence-electron chi connectivity index (χ3n) is 5.26. The maximum atomic E-state index is 11.8. The average molecular weight is 262 g/mol. The molecule has 0 amide bonds. The number of aldehydes is 1. The monoisotopic (exact) mass is 262 g/mol. The van der Waals surface area contributed by atoms with Gasteiger partial charge in [0, 0.05) is 23.3 Å². The summed E-state index contributed by atoms with van der Waals surface area (Å²) in [7, 11) is 0. The fourth-order valence-corrected chi connectivity index (χ4v) is 4.47. The number of hydrogen-bond donors (Lipinski definition) is 0. The van der Waals surface area contributed by atoms with E-state index in [-0.39, 0.29) is 47.4 Å². The highest BCUT2D eigenvalue weighted by atomic mass is 16.6. The quantitative estimate of drug-likeness (QED) is 0.430. The maximum absolute atomic E-state index is 11.8. The van der Waals surface area contributed by atoms with Crippen molar-refractivity contribution in [2.45, 2.75) is 32.3 Å². The van der Waals surface area contributed by atoms with Crippen LogP contribution in [0.3, 0.4) is 0 Å². The normalized spacial score (nSPS) is 44.5. The largest absolute Gasteiger partial charge is 0.458 e. The second kappa shape index (κ2) is 4.29. The SMILES string of the molecule is C=C1C(=O)O[C@@H]2C[C@H](C=O)[C@H]3CC[C@@H](C(C)=O)[C@@H]3[C@H]12. The Kier molecular flexibility index (Phi) is 2.84. The van der Waals surface area contributed by atoms with Gasteiger partial charge in [-0.1, -0.05) is 6.58 Å². The van der Waals surface area contributed by atoms with E-state index in [9.17, 15) is 14.4 Å². The zero-order chi connectivity index (χ0) is 13.7. The van der Waals surface area contributed by atoms with E-state index < -0.39 is 0 Å². The zero-order valence-corrected chi connectivity index (χ0v) is 11.0. The van der Waals surface area contributed by atoms with Crippen LogP contribution in [0.25, 0.3) is 0 Å². The summed E-state index contributed by atoms with van der Waals surface area (Å²) in [4.78, 5) is 34.8. The van der Waals surface area contributed by atoms with E-state index in [4.69, 9.17) is 4.74 Å². The van der Waals surface area contributed by atoms with Gasteiger partial charge in [-0.2, -0.15) is 0 Å². The fourth-order valence-electron chi connectivity index (χ4n) is 4.47. The molecule has 1 aliphatic heterocycles. The van der Waals surface area contributed by atoms with Gasteiger partial charge < -0.3 is 9.53 Å². The van der Waals surface area contributed by atoms with Crippen molar-refractivity contribution >= 4 is 18.0 Å². The molecule has 0 aromatic carbocycles. The highest BCUT2D eigenvalue weighted by molar-refractivity contribution is 5.91. The Morgan fingerprint density at radius 2 is 2.16 bits per heavy atom. The number of Topliss-reactive ketones (excluding diaryl/α,β-unsaturated/α-hetero) is 1. The molecule has 0 unspecified atom stereocenters. The van der Waals surface area contributed by atoms with Crippen molar-refractivity contribution < 1.29 is 19.1 Å². The van der Waals surface area contributed by atoms with Gasteiger partial charge in [-0.25, -0.2) is 4.79 Å². The molecule has 1 saturated heterocycles. The molecule has 6 atom stereocenters. The summed E-state index contributed by atoms with van der Waals surface area (Å²) in [6.45, 7) is 5.45. The van der Waals surface area contributed by atoms with Gasteiger partial charge in [0.15, 0.2) is 0 Å². The Bertz CT molecular complexity index is 467. The first-order valence-electron chi connectivity index (χ1n) is 6.90. The van der Waals surface area contributed by atoms with E-state index in [2.05, 4.69) is 6.58 Å². The van der Waals surface area contributed by atoms with Gasteiger partial charge in [0.1, 0.15) is 18.2 Å². The summed E-state index contributed by atoms with van der Waals surface area (Å²) >= 11 is 0. The van der Waals surface area contributed by atoms with Crippen molar-refractivity contribution in [3.63, 3.8) is 0 Å². The number of esters is 1. The van der Waals surface area contributed by atoms with Crippen LogP contribution in [0.15, 0.2) is 12.2 Å². The molecule has 0 spiro atoms. The van der Waals surface area contributed by atoms with Gasteiger partial charge >= 0.3 is 5.97 Å². The lowest BCUT2D eigenvalue weighted by Gasteiger charge is -2.40. The van der Waals surface area contributed by atoms with E-state index >= 15 is 0 Å². The molecule has 0 bridgehead atoms. The van der Waals surface area contributed by atoms with Crippen molar-refractivity contribution in [3.05, 3.63) is 12.2 Å². The Morgan fingerprint density at radius 1 is 1.42 bits per heavy atom. The number of rotatable bonds is 2. The first-order valence-corrected chi connectivity index (χ1v) is 6.90. The first kappa shape index (κ1) is 12.6. The smallest absolute Gasteiger partial charge is 0.334 e. The third-order valence-corrected chi connectivity index (χ3v) is 5.26. The number of fused-ring (bicyclic) bond motifs is 3. The van der Waals surface area contributed by atoms with Crippen LogP contribution in [0.4, 0.5) is 0 Å². The van der Waals surface area contributed by atoms with Crippen molar-refractivity contribution in [2.75, 3.05) is 0 Å². The van der Waals surface area contributed by atoms with Gasteiger partial charge in [0.25, 0.3) is 0 Å². The minimum atomic E-state index is -0.352. The highest BCUT2D eigenvalue weighted by Gasteiger charge is 2.57. The van der Waals surface area contributed by atoms with Gasteiger partial charge in [-0.15, -0.1) is 0 Å². The molecule has 0 aromatic heterocycles. The maximum Gasteiger partial charge on any atom is 0.334 e. The lowest BCUT2D eigenvalue weighted by molar-refractivity contribution is -0.143. The molecule has 3 fully saturated rings. The second-order valence-electron chi connectivity index (χ2n) is 6.07. The molecule has 3 rings (SSSR count). The van der Waals surface area contributed by atoms with Crippen LogP contribution in [-0.2, 0) is 19.1 Å². The Hall–Kier alpha value is -1.45. The summed E-state index contributed by atoms with van der Waals surface area (Å²) in [5.74, 6) is -0.130. The molecule has 102 valence electrons. The molecule has 2 aliphatic carbocycles. The van der Waals surface area contributed by atoms with Crippen molar-refractivity contribution in [2.24, 2.45) is 29.6 Å². The molecule has 3 aliphatic rings. The first-order chi connectivity index (χ1) is 9.04. The molecule has 19 heavy (non-hydrogen) atoms. The average Bonchev–Trinajstić information content (AvgIpc) is 2.91. The Balaban J connectivity index is 1.99. The van der Waals surface area contributed by atoms with E-state index in [1.807, 2.05) is 0 Å². The summed E-state index contributed by atoms with van der Waals surface area (Å²) < 4.78 is 5.34.